The van der Waals surface area contributed by atoms with Gasteiger partial charge in [-0.1, -0.05) is 12.1 Å². The van der Waals surface area contributed by atoms with Crippen molar-refractivity contribution in [3.8, 4) is 5.75 Å². The van der Waals surface area contributed by atoms with Crippen LogP contribution in [0.5, 0.6) is 5.75 Å². The summed E-state index contributed by atoms with van der Waals surface area (Å²) < 4.78 is 27.0. The number of hydrogen-bond acceptors (Lipinski definition) is 6. The van der Waals surface area contributed by atoms with Crippen LogP contribution in [0.3, 0.4) is 0 Å². The number of carbonyl (C=O) groups is 2. The van der Waals surface area contributed by atoms with E-state index in [1.807, 2.05) is 0 Å². The van der Waals surface area contributed by atoms with Crippen LogP contribution in [-0.4, -0.2) is 39.8 Å². The Morgan fingerprint density at radius 2 is 1.94 bits per heavy atom. The number of nitrogens with two attached hydrogens (primary N) is 1. The van der Waals surface area contributed by atoms with Crippen molar-refractivity contribution in [2.75, 3.05) is 6.54 Å². The lowest BCUT2D eigenvalue weighted by atomic mass is 9.94. The zero-order valence-corrected chi connectivity index (χ0v) is 17.8. The first-order valence-electron chi connectivity index (χ1n) is 9.50. The zero-order valence-electron chi connectivity index (χ0n) is 17.8. The van der Waals surface area contributed by atoms with Crippen LogP contribution in [0.25, 0.3) is 5.57 Å². The number of nitrogens with zero attached hydrogens (tertiary/aromatic N) is 2. The molecule has 8 nitrogen and oxygen atoms in total. The second-order valence-corrected chi connectivity index (χ2v) is 7.78. The van der Waals surface area contributed by atoms with Gasteiger partial charge in [-0.2, -0.15) is 0 Å². The average Bonchev–Trinajstić information content (AvgIpc) is 2.72. The monoisotopic (exact) mass is 446 g/mol. The molecule has 0 spiro atoms. The summed E-state index contributed by atoms with van der Waals surface area (Å²) in [6, 6.07) is 6.78. The van der Waals surface area contributed by atoms with Crippen LogP contribution in [0.4, 0.5) is 14.5 Å². The number of amides is 1. The third-order valence-corrected chi connectivity index (χ3v) is 4.57. The van der Waals surface area contributed by atoms with Crippen molar-refractivity contribution in [2.24, 2.45) is 16.1 Å². The number of pyridine rings is 1. The van der Waals surface area contributed by atoms with Crippen molar-refractivity contribution < 1.29 is 28.6 Å². The van der Waals surface area contributed by atoms with Crippen molar-refractivity contribution in [3.05, 3.63) is 59.5 Å². The first kappa shape index (κ1) is 24.4. The van der Waals surface area contributed by atoms with E-state index in [2.05, 4.69) is 15.3 Å². The Morgan fingerprint density at radius 1 is 1.25 bits per heavy atom. The van der Waals surface area contributed by atoms with Gasteiger partial charge in [-0.25, -0.2) is 13.8 Å². The van der Waals surface area contributed by atoms with E-state index in [1.165, 1.54) is 56.7 Å². The number of nitrogens with one attached hydrogen (secondary N) is 1. The van der Waals surface area contributed by atoms with Crippen molar-refractivity contribution in [1.29, 1.82) is 0 Å². The normalized spacial score (nSPS) is 12.7. The summed E-state index contributed by atoms with van der Waals surface area (Å²) in [5.74, 6) is -5.29. The maximum Gasteiger partial charge on any atom is 0.310 e. The molecule has 0 aliphatic heterocycles. The fourth-order valence-electron chi connectivity index (χ4n) is 2.46. The highest BCUT2D eigenvalue weighted by Crippen LogP contribution is 2.29. The number of alkyl halides is 2. The average molecular weight is 446 g/mol. The Morgan fingerprint density at radius 3 is 2.50 bits per heavy atom. The Hall–Kier alpha value is -3.82. The quantitative estimate of drug-likeness (QED) is 0.458. The minimum atomic E-state index is -3.01. The van der Waals surface area contributed by atoms with Gasteiger partial charge in [0.1, 0.15) is 5.75 Å². The number of carboxylic acid groups (broad SMARTS) is 1. The molecule has 10 heteroatoms. The van der Waals surface area contributed by atoms with Crippen LogP contribution in [0.15, 0.2) is 47.7 Å². The van der Waals surface area contributed by atoms with Gasteiger partial charge in [-0.15, -0.1) is 0 Å². The van der Waals surface area contributed by atoms with Crippen LogP contribution in [0, 0.1) is 5.41 Å². The van der Waals surface area contributed by atoms with Gasteiger partial charge >= 0.3 is 5.97 Å². The largest absolute Gasteiger partial charge is 0.505 e. The topological polar surface area (TPSA) is 138 Å². The third-order valence-electron chi connectivity index (χ3n) is 4.57. The molecule has 0 aliphatic carbocycles. The molecule has 0 fully saturated rings. The number of benzene rings is 1. The van der Waals surface area contributed by atoms with E-state index in [9.17, 15) is 23.5 Å². The van der Waals surface area contributed by atoms with E-state index >= 15 is 0 Å². The SMILES string of the molecule is CC(C)(CNC(=O)c1ncc(C(C=Nc2cccc(C(C)(F)F)c2)=CN)cc1O)C(=O)O. The lowest BCUT2D eigenvalue weighted by Gasteiger charge is -2.19. The summed E-state index contributed by atoms with van der Waals surface area (Å²) >= 11 is 0. The van der Waals surface area contributed by atoms with E-state index in [0.29, 0.717) is 11.1 Å². The van der Waals surface area contributed by atoms with Crippen LogP contribution < -0.4 is 11.1 Å². The molecule has 0 aliphatic rings. The summed E-state index contributed by atoms with van der Waals surface area (Å²) in [5.41, 5.74) is 4.87. The van der Waals surface area contributed by atoms with E-state index in [0.717, 1.165) is 6.92 Å². The summed E-state index contributed by atoms with van der Waals surface area (Å²) in [6.45, 7) is 3.51. The molecule has 0 atom stereocenters. The molecule has 0 radical (unpaired) electrons. The first-order valence-corrected chi connectivity index (χ1v) is 9.50. The summed E-state index contributed by atoms with van der Waals surface area (Å²) in [4.78, 5) is 31.5. The molecule has 5 N–H and O–H groups in total. The Bertz CT molecular complexity index is 1080. The summed E-state index contributed by atoms with van der Waals surface area (Å²) in [5, 5.41) is 21.7. The maximum absolute atomic E-state index is 13.5. The van der Waals surface area contributed by atoms with Gasteiger partial charge in [-0.05, 0) is 32.0 Å². The Kier molecular flexibility index (Phi) is 7.29. The van der Waals surface area contributed by atoms with Crippen molar-refractivity contribution in [1.82, 2.24) is 10.3 Å². The van der Waals surface area contributed by atoms with E-state index in [4.69, 9.17) is 10.8 Å². The minimum absolute atomic E-state index is 0.166. The molecule has 1 aromatic carbocycles. The molecule has 0 saturated carbocycles. The van der Waals surface area contributed by atoms with Gasteiger partial charge in [0.2, 0.25) is 0 Å². The number of carboxylic acids is 1. The highest BCUT2D eigenvalue weighted by Gasteiger charge is 2.28. The molecule has 170 valence electrons. The van der Waals surface area contributed by atoms with E-state index in [-0.39, 0.29) is 23.5 Å². The number of aliphatic imine (C=N–C) groups is 1. The Labute approximate surface area is 183 Å². The van der Waals surface area contributed by atoms with Gasteiger partial charge in [0.15, 0.2) is 5.69 Å². The molecule has 2 aromatic rings. The lowest BCUT2D eigenvalue weighted by molar-refractivity contribution is -0.146. The molecule has 0 unspecified atom stereocenters. The molecule has 0 bridgehead atoms. The molecule has 1 aromatic heterocycles. The molecule has 2 rings (SSSR count). The molecular weight excluding hydrogens is 422 g/mol. The molecule has 0 saturated heterocycles. The van der Waals surface area contributed by atoms with Crippen molar-refractivity contribution in [2.45, 2.75) is 26.7 Å². The van der Waals surface area contributed by atoms with E-state index in [1.54, 1.807) is 6.07 Å². The Balaban J connectivity index is 2.19. The molecule has 1 heterocycles. The number of aromatic nitrogens is 1. The standard InChI is InChI=1S/C22H24F2N4O4/c1-21(2,20(31)32)12-28-19(30)18-17(29)7-13(10-27-18)14(9-25)11-26-16-6-4-5-15(8-16)22(3,23)24/h4-11,29H,12,25H2,1-3H3,(H,28,30)(H,31,32). The fourth-order valence-corrected chi connectivity index (χ4v) is 2.46. The third kappa shape index (κ3) is 6.10. The number of aromatic hydroxyl groups is 1. The van der Waals surface area contributed by atoms with Gasteiger partial charge < -0.3 is 21.3 Å². The van der Waals surface area contributed by atoms with Crippen LogP contribution in [0.1, 0.15) is 42.4 Å². The van der Waals surface area contributed by atoms with Gasteiger partial charge in [0.05, 0.1) is 11.1 Å². The second kappa shape index (κ2) is 9.54. The lowest BCUT2D eigenvalue weighted by Crippen LogP contribution is -2.39. The predicted octanol–water partition coefficient (Wildman–Crippen LogP) is 3.44. The smallest absolute Gasteiger partial charge is 0.310 e. The predicted molar refractivity (Wildman–Crippen MR) is 116 cm³/mol. The number of hydrogen-bond donors (Lipinski definition) is 4. The molecule has 1 amide bonds. The highest BCUT2D eigenvalue weighted by atomic mass is 19.3. The van der Waals surface area contributed by atoms with Crippen molar-refractivity contribution >= 4 is 29.4 Å². The number of rotatable bonds is 8. The van der Waals surface area contributed by atoms with Crippen LogP contribution >= 0.6 is 0 Å². The fraction of sp³-hybridized carbons (Fsp3) is 0.273. The molecular formula is C22H24F2N4O4. The zero-order chi connectivity index (χ0) is 24.1. The molecule has 32 heavy (non-hydrogen) atoms. The summed E-state index contributed by atoms with van der Waals surface area (Å²) in [6.07, 6.45) is 3.78. The highest BCUT2D eigenvalue weighted by molar-refractivity contribution is 6.10. The summed E-state index contributed by atoms with van der Waals surface area (Å²) in [7, 11) is 0. The minimum Gasteiger partial charge on any atom is -0.505 e. The van der Waals surface area contributed by atoms with Crippen molar-refractivity contribution in [3.63, 3.8) is 0 Å². The number of aliphatic carboxylic acids is 1. The second-order valence-electron chi connectivity index (χ2n) is 7.78. The number of halogens is 2. The van der Waals surface area contributed by atoms with Gasteiger partial charge in [0, 0.05) is 48.8 Å². The van der Waals surface area contributed by atoms with Crippen LogP contribution in [0.2, 0.25) is 0 Å². The van der Waals surface area contributed by atoms with Gasteiger partial charge in [-0.3, -0.25) is 14.6 Å². The number of carbonyl (C=O) groups excluding carboxylic acids is 1. The maximum atomic E-state index is 13.5. The number of allylic oxidation sites excluding steroid dienone is 1. The first-order chi connectivity index (χ1) is 14.8. The van der Waals surface area contributed by atoms with E-state index < -0.39 is 29.0 Å². The van der Waals surface area contributed by atoms with Crippen LogP contribution in [-0.2, 0) is 10.7 Å². The van der Waals surface area contributed by atoms with Gasteiger partial charge in [0.25, 0.3) is 11.8 Å².